The minimum absolute atomic E-state index is 0.0131. The van der Waals surface area contributed by atoms with E-state index in [9.17, 15) is 31.2 Å². The van der Waals surface area contributed by atoms with Crippen LogP contribution in [0.15, 0.2) is 24.3 Å². The average molecular weight is 445 g/mol. The first-order valence-electron chi connectivity index (χ1n) is 9.83. The third kappa shape index (κ3) is 4.18. The summed E-state index contributed by atoms with van der Waals surface area (Å²) in [5.74, 6) is -0.577. The van der Waals surface area contributed by atoms with E-state index in [2.05, 4.69) is 0 Å². The van der Waals surface area contributed by atoms with Crippen LogP contribution in [0.4, 0.5) is 18.0 Å². The summed E-state index contributed by atoms with van der Waals surface area (Å²) in [7, 11) is -3.70. The Labute approximate surface area is 172 Å². The number of carbonyl (C=O) groups is 2. The molecule has 2 saturated heterocycles. The first-order valence-corrected chi connectivity index (χ1v) is 11.4. The molecule has 3 amide bonds. The number of imide groups is 1. The van der Waals surface area contributed by atoms with Crippen molar-refractivity contribution in [2.24, 2.45) is 0 Å². The first kappa shape index (κ1) is 21.1. The minimum Gasteiger partial charge on any atom is -0.312 e. The Hall–Kier alpha value is -2.14. The molecule has 3 fully saturated rings. The lowest BCUT2D eigenvalue weighted by molar-refractivity contribution is -0.137. The van der Waals surface area contributed by atoms with Gasteiger partial charge in [0, 0.05) is 25.2 Å². The van der Waals surface area contributed by atoms with E-state index >= 15 is 0 Å². The molecular formula is C19H22F3N3O4S. The number of piperidine rings is 1. The second-order valence-corrected chi connectivity index (χ2v) is 9.96. The van der Waals surface area contributed by atoms with E-state index in [-0.39, 0.29) is 55.0 Å². The highest BCUT2D eigenvalue weighted by molar-refractivity contribution is 7.88. The Balaban J connectivity index is 1.35. The molecule has 0 spiro atoms. The van der Waals surface area contributed by atoms with Crippen molar-refractivity contribution in [1.29, 1.82) is 0 Å². The third-order valence-electron chi connectivity index (χ3n) is 5.83. The van der Waals surface area contributed by atoms with Crippen LogP contribution >= 0.6 is 0 Å². The van der Waals surface area contributed by atoms with E-state index in [4.69, 9.17) is 0 Å². The summed E-state index contributed by atoms with van der Waals surface area (Å²) >= 11 is 0. The lowest BCUT2D eigenvalue weighted by Gasteiger charge is -2.35. The van der Waals surface area contributed by atoms with Gasteiger partial charge in [-0.2, -0.15) is 13.2 Å². The largest absolute Gasteiger partial charge is 0.416 e. The zero-order chi connectivity index (χ0) is 21.7. The van der Waals surface area contributed by atoms with Gasteiger partial charge in [0.05, 0.1) is 11.3 Å². The van der Waals surface area contributed by atoms with E-state index in [1.807, 2.05) is 0 Å². The molecule has 0 atom stereocenters. The second-order valence-electron chi connectivity index (χ2n) is 7.99. The maximum absolute atomic E-state index is 12.7. The maximum atomic E-state index is 12.7. The van der Waals surface area contributed by atoms with Gasteiger partial charge in [-0.05, 0) is 43.4 Å². The van der Waals surface area contributed by atoms with Crippen molar-refractivity contribution >= 4 is 22.0 Å². The first-order chi connectivity index (χ1) is 14.1. The standard InChI is InChI=1S/C19H22F3N3O4S/c20-19(21,22)14-3-1-13(2-4-14)12-30(28,29)23-9-7-15(8-10-23)24-11-17(26)25(18(24)27)16-5-6-16/h1-4,15-16H,5-12H2. The summed E-state index contributed by atoms with van der Waals surface area (Å²) in [6.45, 7) is 0.447. The van der Waals surface area contributed by atoms with Crippen molar-refractivity contribution in [3.63, 3.8) is 0 Å². The fourth-order valence-corrected chi connectivity index (χ4v) is 5.60. The molecular weight excluding hydrogens is 423 g/mol. The zero-order valence-corrected chi connectivity index (χ0v) is 17.0. The number of nitrogens with zero attached hydrogens (tertiary/aromatic N) is 3. The van der Waals surface area contributed by atoms with Crippen LogP contribution in [0.1, 0.15) is 36.8 Å². The van der Waals surface area contributed by atoms with Gasteiger partial charge in [-0.1, -0.05) is 12.1 Å². The van der Waals surface area contributed by atoms with Gasteiger partial charge in [0.2, 0.25) is 10.0 Å². The summed E-state index contributed by atoms with van der Waals surface area (Å²) in [5, 5.41) is 0. The van der Waals surface area contributed by atoms with Crippen LogP contribution in [-0.2, 0) is 26.7 Å². The molecule has 0 bridgehead atoms. The molecule has 30 heavy (non-hydrogen) atoms. The van der Waals surface area contributed by atoms with Crippen LogP contribution in [0.5, 0.6) is 0 Å². The summed E-state index contributed by atoms with van der Waals surface area (Å²) in [5.41, 5.74) is -0.542. The molecule has 1 aromatic carbocycles. The molecule has 11 heteroatoms. The Morgan fingerprint density at radius 1 is 0.933 bits per heavy atom. The maximum Gasteiger partial charge on any atom is 0.416 e. The third-order valence-corrected chi connectivity index (χ3v) is 7.68. The van der Waals surface area contributed by atoms with Crippen molar-refractivity contribution in [1.82, 2.24) is 14.1 Å². The zero-order valence-electron chi connectivity index (χ0n) is 16.1. The number of hydrogen-bond acceptors (Lipinski definition) is 4. The van der Waals surface area contributed by atoms with Crippen molar-refractivity contribution in [2.45, 2.75) is 49.7 Å². The van der Waals surface area contributed by atoms with E-state index in [0.29, 0.717) is 12.8 Å². The van der Waals surface area contributed by atoms with Gasteiger partial charge < -0.3 is 4.90 Å². The highest BCUT2D eigenvalue weighted by Crippen LogP contribution is 2.33. The monoisotopic (exact) mass is 445 g/mol. The van der Waals surface area contributed by atoms with Crippen LogP contribution in [0.25, 0.3) is 0 Å². The number of sulfonamides is 1. The predicted molar refractivity (Wildman–Crippen MR) is 101 cm³/mol. The summed E-state index contributed by atoms with van der Waals surface area (Å²) in [6.07, 6.45) is -1.95. The number of urea groups is 1. The van der Waals surface area contributed by atoms with Crippen LogP contribution in [0.3, 0.4) is 0 Å². The Morgan fingerprint density at radius 2 is 1.53 bits per heavy atom. The highest BCUT2D eigenvalue weighted by atomic mass is 32.2. The number of halogens is 3. The quantitative estimate of drug-likeness (QED) is 0.653. The van der Waals surface area contributed by atoms with E-state index in [0.717, 1.165) is 25.0 Å². The molecule has 1 aromatic rings. The van der Waals surface area contributed by atoms with Gasteiger partial charge in [-0.3, -0.25) is 9.69 Å². The number of hydrogen-bond donors (Lipinski definition) is 0. The molecule has 0 N–H and O–H groups in total. The van der Waals surface area contributed by atoms with Crippen molar-refractivity contribution in [2.75, 3.05) is 19.6 Å². The Kier molecular flexibility index (Phi) is 5.29. The molecule has 1 aliphatic carbocycles. The predicted octanol–water partition coefficient (Wildman–Crippen LogP) is 2.43. The minimum atomic E-state index is -4.47. The topological polar surface area (TPSA) is 78.0 Å². The number of alkyl halides is 3. The molecule has 0 unspecified atom stereocenters. The average Bonchev–Trinajstić information content (AvgIpc) is 3.46. The highest BCUT2D eigenvalue weighted by Gasteiger charge is 2.47. The van der Waals surface area contributed by atoms with Crippen LogP contribution in [0, 0.1) is 0 Å². The molecule has 2 heterocycles. The molecule has 0 aromatic heterocycles. The molecule has 7 nitrogen and oxygen atoms in total. The summed E-state index contributed by atoms with van der Waals surface area (Å²) < 4.78 is 64.7. The van der Waals surface area contributed by atoms with Gasteiger partial charge >= 0.3 is 12.2 Å². The van der Waals surface area contributed by atoms with Crippen molar-refractivity contribution < 1.29 is 31.2 Å². The van der Waals surface area contributed by atoms with E-state index in [1.165, 1.54) is 21.3 Å². The van der Waals surface area contributed by atoms with Gasteiger partial charge in [-0.15, -0.1) is 0 Å². The molecule has 0 radical (unpaired) electrons. The van der Waals surface area contributed by atoms with Gasteiger partial charge in [0.15, 0.2) is 0 Å². The normalized spacial score (nSPS) is 22.2. The Morgan fingerprint density at radius 3 is 2.07 bits per heavy atom. The number of amides is 3. The molecule has 164 valence electrons. The second kappa shape index (κ2) is 7.52. The van der Waals surface area contributed by atoms with E-state index in [1.54, 1.807) is 4.90 Å². The van der Waals surface area contributed by atoms with Gasteiger partial charge in [-0.25, -0.2) is 17.5 Å². The van der Waals surface area contributed by atoms with E-state index < -0.39 is 21.8 Å². The fraction of sp³-hybridized carbons (Fsp3) is 0.579. The van der Waals surface area contributed by atoms with Crippen LogP contribution in [0.2, 0.25) is 0 Å². The van der Waals surface area contributed by atoms with Crippen LogP contribution in [-0.4, -0.2) is 66.2 Å². The fourth-order valence-electron chi connectivity index (χ4n) is 4.04. The van der Waals surface area contributed by atoms with Crippen molar-refractivity contribution in [3.05, 3.63) is 35.4 Å². The van der Waals surface area contributed by atoms with Crippen molar-refractivity contribution in [3.8, 4) is 0 Å². The smallest absolute Gasteiger partial charge is 0.312 e. The molecule has 4 rings (SSSR count). The lowest BCUT2D eigenvalue weighted by Crippen LogP contribution is -2.48. The summed E-state index contributed by atoms with van der Waals surface area (Å²) in [4.78, 5) is 27.5. The summed E-state index contributed by atoms with van der Waals surface area (Å²) in [6, 6.07) is 3.63. The van der Waals surface area contributed by atoms with Gasteiger partial charge in [0.25, 0.3) is 5.91 Å². The number of rotatable bonds is 5. The molecule has 1 saturated carbocycles. The lowest BCUT2D eigenvalue weighted by atomic mass is 10.1. The Bertz CT molecular complexity index is 937. The molecule has 3 aliphatic rings. The SMILES string of the molecule is O=C1CN(C2CCN(S(=O)(=O)Cc3ccc(C(F)(F)F)cc3)CC2)C(=O)N1C1CC1. The molecule has 2 aliphatic heterocycles. The van der Waals surface area contributed by atoms with Gasteiger partial charge in [0.1, 0.15) is 6.54 Å². The number of benzene rings is 1. The number of carbonyl (C=O) groups excluding carboxylic acids is 2. The van der Waals surface area contributed by atoms with Crippen LogP contribution < -0.4 is 0 Å².